The molecule has 0 spiro atoms. The molecule has 1 aromatic rings. The molecule has 0 aliphatic heterocycles. The molecule has 0 saturated heterocycles. The van der Waals surface area contributed by atoms with Crippen LogP contribution >= 0.6 is 11.8 Å². The van der Waals surface area contributed by atoms with Gasteiger partial charge in [-0.3, -0.25) is 14.4 Å². The Morgan fingerprint density at radius 2 is 1.67 bits per heavy atom. The number of carbonyl (C=O) groups excluding carboxylic acids is 3. The third-order valence-corrected chi connectivity index (χ3v) is 5.06. The Kier molecular flexibility index (Phi) is 15.3. The van der Waals surface area contributed by atoms with Crippen molar-refractivity contribution in [2.75, 3.05) is 29.9 Å². The first-order valence-corrected chi connectivity index (χ1v) is 11.4. The number of hydrogen-bond donors (Lipinski definition) is 6. The number of rotatable bonds is 14. The van der Waals surface area contributed by atoms with Gasteiger partial charge in [0.15, 0.2) is 6.04 Å². The summed E-state index contributed by atoms with van der Waals surface area (Å²) < 4.78 is 31.5. The van der Waals surface area contributed by atoms with Crippen LogP contribution < -0.4 is 26.8 Å². The Morgan fingerprint density at radius 3 is 2.17 bits per heavy atom. The fraction of sp³-hybridized carbons (Fsp3) is 0.450. The number of carboxylic acids is 3. The first-order chi connectivity index (χ1) is 16.7. The predicted octanol–water partition coefficient (Wildman–Crippen LogP) is -1.71. The molecule has 0 aliphatic rings. The summed E-state index contributed by atoms with van der Waals surface area (Å²) in [6, 6.07) is 7.76. The van der Waals surface area contributed by atoms with Crippen LogP contribution in [0.3, 0.4) is 0 Å². The van der Waals surface area contributed by atoms with E-state index in [1.807, 2.05) is 30.3 Å². The van der Waals surface area contributed by atoms with E-state index in [-0.39, 0.29) is 18.6 Å². The first kappa shape index (κ1) is 32.5. The maximum Gasteiger partial charge on any atom is 0.430 e. The lowest BCUT2D eigenvalue weighted by Gasteiger charge is -2.18. The maximum absolute atomic E-state index is 12.2. The van der Waals surface area contributed by atoms with Crippen LogP contribution in [-0.2, 0) is 24.0 Å². The molecule has 1 aromatic carbocycles. The molecule has 8 N–H and O–H groups in total. The minimum absolute atomic E-state index is 0.0404. The van der Waals surface area contributed by atoms with Gasteiger partial charge in [0.05, 0.1) is 0 Å². The van der Waals surface area contributed by atoms with Gasteiger partial charge in [-0.1, -0.05) is 18.2 Å². The fourth-order valence-electron chi connectivity index (χ4n) is 2.19. The number of thioether (sulfide) groups is 1. The second kappa shape index (κ2) is 17.0. The summed E-state index contributed by atoms with van der Waals surface area (Å²) in [7, 11) is 0. The number of carboxylic acid groups (broad SMARTS) is 3. The van der Waals surface area contributed by atoms with Crippen molar-refractivity contribution in [2.45, 2.75) is 31.1 Å². The molecule has 0 saturated carbocycles. The molecule has 2 atom stereocenters. The highest BCUT2D eigenvalue weighted by atomic mass is 32.2. The molecule has 202 valence electrons. The summed E-state index contributed by atoms with van der Waals surface area (Å²) in [5, 5.41) is 34.3. The van der Waals surface area contributed by atoms with E-state index in [0.717, 1.165) is 5.69 Å². The summed E-state index contributed by atoms with van der Waals surface area (Å²) in [4.78, 5) is 54.4. The average Bonchev–Trinajstić information content (AvgIpc) is 2.80. The number of benzene rings is 1. The van der Waals surface area contributed by atoms with Gasteiger partial charge in [0, 0.05) is 36.6 Å². The molecule has 0 bridgehead atoms. The van der Waals surface area contributed by atoms with Gasteiger partial charge in [0.1, 0.15) is 18.6 Å². The van der Waals surface area contributed by atoms with Crippen molar-refractivity contribution in [1.82, 2.24) is 10.6 Å². The normalized spacial score (nSPS) is 12.2. The van der Waals surface area contributed by atoms with Crippen LogP contribution in [0, 0.1) is 0 Å². The quantitative estimate of drug-likeness (QED) is 0.147. The molecular weight excluding hydrogens is 513 g/mol. The van der Waals surface area contributed by atoms with Gasteiger partial charge < -0.3 is 41.8 Å². The highest BCUT2D eigenvalue weighted by Gasteiger charge is 2.28. The molecule has 0 radical (unpaired) electrons. The standard InChI is InChI=1S/C18H26N4O6S.C2HF3O2/c19-13(18(27)28)6-7-15(23)22-14(17(26)21-10-16(24)25)11-29-9-8-20-12-4-2-1-3-5-12;3-2(4,5)1(6)7/h1-5,13-14,20H,6-11,19H2,(H,21,26)(H,22,23)(H,24,25)(H,27,28);(H,6,7)/t13-,14-;/m0./s1. The van der Waals surface area contributed by atoms with Crippen molar-refractivity contribution in [3.8, 4) is 0 Å². The number of hydrogen-bond acceptors (Lipinski definition) is 8. The molecule has 0 fully saturated rings. The Morgan fingerprint density at radius 1 is 1.08 bits per heavy atom. The van der Waals surface area contributed by atoms with Gasteiger partial charge in [-0.15, -0.1) is 0 Å². The predicted molar refractivity (Wildman–Crippen MR) is 119 cm³/mol. The van der Waals surface area contributed by atoms with Crippen LogP contribution in [0.15, 0.2) is 30.3 Å². The first-order valence-electron chi connectivity index (χ1n) is 10.2. The number of carbonyl (C=O) groups is 5. The Bertz CT molecular complexity index is 874. The second-order valence-corrected chi connectivity index (χ2v) is 8.11. The lowest BCUT2D eigenvalue weighted by atomic mass is 10.1. The lowest BCUT2D eigenvalue weighted by molar-refractivity contribution is -0.408. The summed E-state index contributed by atoms with van der Waals surface area (Å²) >= 11 is 1.42. The van der Waals surface area contributed by atoms with E-state index in [0.29, 0.717) is 12.3 Å². The van der Waals surface area contributed by atoms with E-state index in [2.05, 4.69) is 21.7 Å². The molecule has 0 heterocycles. The van der Waals surface area contributed by atoms with Crippen LogP contribution in [0.2, 0.25) is 0 Å². The summed E-state index contributed by atoms with van der Waals surface area (Å²) in [6.07, 6.45) is -5.25. The second-order valence-electron chi connectivity index (χ2n) is 6.96. The summed E-state index contributed by atoms with van der Waals surface area (Å²) in [6.45, 7) is 0.0965. The van der Waals surface area contributed by atoms with Gasteiger partial charge in [-0.2, -0.15) is 24.9 Å². The zero-order valence-corrected chi connectivity index (χ0v) is 19.7. The molecule has 16 heteroatoms. The number of halogens is 3. The molecule has 0 aromatic heterocycles. The van der Waals surface area contributed by atoms with Gasteiger partial charge >= 0.3 is 18.1 Å². The van der Waals surface area contributed by atoms with Crippen LogP contribution in [0.1, 0.15) is 12.8 Å². The molecular formula is C20H27F3N4O8S. The van der Waals surface area contributed by atoms with E-state index in [4.69, 9.17) is 20.1 Å². The van der Waals surface area contributed by atoms with Crippen molar-refractivity contribution in [1.29, 1.82) is 0 Å². The monoisotopic (exact) mass is 540 g/mol. The summed E-state index contributed by atoms with van der Waals surface area (Å²) in [5.41, 5.74) is 4.40. The van der Waals surface area contributed by atoms with Crippen molar-refractivity contribution in [3.63, 3.8) is 0 Å². The van der Waals surface area contributed by atoms with Gasteiger partial charge in [-0.25, -0.2) is 4.79 Å². The zero-order chi connectivity index (χ0) is 27.7. The largest absolute Gasteiger partial charge is 0.542 e. The Hall–Kier alpha value is -3.53. The Balaban J connectivity index is 0.00000152. The molecule has 0 aliphatic carbocycles. The number of amides is 2. The zero-order valence-electron chi connectivity index (χ0n) is 18.9. The molecule has 0 unspecified atom stereocenters. The number of quaternary nitrogens is 1. The highest BCUT2D eigenvalue weighted by molar-refractivity contribution is 7.99. The summed E-state index contributed by atoms with van der Waals surface area (Å²) in [5.74, 6) is -5.48. The van der Waals surface area contributed by atoms with E-state index in [1.54, 1.807) is 0 Å². The van der Waals surface area contributed by atoms with Crippen molar-refractivity contribution in [2.24, 2.45) is 0 Å². The average molecular weight is 541 g/mol. The van der Waals surface area contributed by atoms with Gasteiger partial charge in [0.2, 0.25) is 11.8 Å². The van der Waals surface area contributed by atoms with Crippen molar-refractivity contribution < 1.29 is 58.2 Å². The maximum atomic E-state index is 12.2. The van der Waals surface area contributed by atoms with Crippen LogP contribution in [0.5, 0.6) is 0 Å². The van der Waals surface area contributed by atoms with Crippen LogP contribution in [0.25, 0.3) is 0 Å². The lowest BCUT2D eigenvalue weighted by Crippen LogP contribution is -2.65. The van der Waals surface area contributed by atoms with E-state index in [9.17, 15) is 32.3 Å². The minimum Gasteiger partial charge on any atom is -0.542 e. The van der Waals surface area contributed by atoms with Gasteiger partial charge in [-0.05, 0) is 12.1 Å². The third kappa shape index (κ3) is 16.2. The Labute approximate surface area is 207 Å². The van der Waals surface area contributed by atoms with Crippen molar-refractivity contribution in [3.05, 3.63) is 30.3 Å². The molecule has 2 amide bonds. The number of nitrogens with one attached hydrogen (secondary N) is 3. The van der Waals surface area contributed by atoms with Gasteiger partial charge in [0.25, 0.3) is 0 Å². The number of alkyl halides is 3. The topological polar surface area (TPSA) is 213 Å². The van der Waals surface area contributed by atoms with E-state index in [1.165, 1.54) is 11.8 Å². The highest BCUT2D eigenvalue weighted by Crippen LogP contribution is 2.11. The van der Waals surface area contributed by atoms with E-state index >= 15 is 0 Å². The molecule has 12 nitrogen and oxygen atoms in total. The SMILES string of the molecule is O=C([O-])C(F)(F)F.[NH3+][C@@H](CCC(=O)N[C@@H](CSCCNc1ccccc1)C(=O)NCC(=O)O)C(=O)O. The fourth-order valence-corrected chi connectivity index (χ4v) is 3.07. The third-order valence-electron chi connectivity index (χ3n) is 4.00. The molecule has 1 rings (SSSR count). The minimum atomic E-state index is -5.19. The van der Waals surface area contributed by atoms with Crippen LogP contribution in [-0.4, -0.2) is 82.8 Å². The van der Waals surface area contributed by atoms with Crippen molar-refractivity contribution >= 4 is 47.2 Å². The number of aliphatic carboxylic acids is 3. The van der Waals surface area contributed by atoms with E-state index < -0.39 is 54.5 Å². The number of para-hydroxylation sites is 1. The van der Waals surface area contributed by atoms with Crippen LogP contribution in [0.4, 0.5) is 18.9 Å². The number of anilines is 1. The smallest absolute Gasteiger partial charge is 0.430 e. The molecule has 36 heavy (non-hydrogen) atoms.